The van der Waals surface area contributed by atoms with E-state index in [1.54, 1.807) is 40.0 Å². The second-order valence-electron chi connectivity index (χ2n) is 7.87. The van der Waals surface area contributed by atoms with Crippen molar-refractivity contribution in [3.8, 4) is 6.07 Å². The zero-order chi connectivity index (χ0) is 21.7. The van der Waals surface area contributed by atoms with Gasteiger partial charge in [0, 0.05) is 18.2 Å². The molecule has 1 heterocycles. The Balaban J connectivity index is 3.06. The number of nitriles is 1. The van der Waals surface area contributed by atoms with Gasteiger partial charge in [-0.05, 0) is 39.6 Å². The maximum Gasteiger partial charge on any atom is 0.273 e. The SMILES string of the molecule is C=N/C(=C\C(=C/C)NC(=O)c1cc(C(C)(C)C)nn1C)C(=O)NC(C)(C)C#N. The Bertz CT molecular complexity index is 875. The highest BCUT2D eigenvalue weighted by molar-refractivity contribution is 5.96. The molecule has 0 bridgehead atoms. The molecule has 8 heteroatoms. The van der Waals surface area contributed by atoms with E-state index in [1.165, 1.54) is 10.8 Å². The number of aromatic nitrogens is 2. The first-order valence-corrected chi connectivity index (χ1v) is 8.79. The summed E-state index contributed by atoms with van der Waals surface area (Å²) in [6.07, 6.45) is 3.03. The summed E-state index contributed by atoms with van der Waals surface area (Å²) in [4.78, 5) is 28.7. The highest BCUT2D eigenvalue weighted by atomic mass is 16.2. The fourth-order valence-electron chi connectivity index (χ4n) is 2.14. The molecule has 0 radical (unpaired) electrons. The largest absolute Gasteiger partial charge is 0.333 e. The Morgan fingerprint density at radius 1 is 1.32 bits per heavy atom. The van der Waals surface area contributed by atoms with Crippen molar-refractivity contribution < 1.29 is 9.59 Å². The topological polar surface area (TPSA) is 112 Å². The predicted molar refractivity (Wildman–Crippen MR) is 109 cm³/mol. The van der Waals surface area contributed by atoms with Crippen molar-refractivity contribution in [3.63, 3.8) is 0 Å². The van der Waals surface area contributed by atoms with Crippen LogP contribution in [0.1, 0.15) is 57.7 Å². The van der Waals surface area contributed by atoms with Crippen LogP contribution < -0.4 is 10.6 Å². The number of aryl methyl sites for hydroxylation is 1. The molecule has 2 N–H and O–H groups in total. The summed E-state index contributed by atoms with van der Waals surface area (Å²) in [5.74, 6) is -0.929. The van der Waals surface area contributed by atoms with Crippen LogP contribution in [-0.4, -0.2) is 33.9 Å². The van der Waals surface area contributed by atoms with Crippen LogP contribution in [0, 0.1) is 11.3 Å². The summed E-state index contributed by atoms with van der Waals surface area (Å²) in [7, 11) is 1.70. The molecule has 2 amide bonds. The molecular weight excluding hydrogens is 356 g/mol. The molecule has 0 aliphatic heterocycles. The molecule has 0 saturated carbocycles. The van der Waals surface area contributed by atoms with Gasteiger partial charge in [0.15, 0.2) is 0 Å². The highest BCUT2D eigenvalue weighted by Crippen LogP contribution is 2.21. The van der Waals surface area contributed by atoms with Gasteiger partial charge in [-0.1, -0.05) is 26.8 Å². The molecule has 0 aliphatic carbocycles. The average molecular weight is 384 g/mol. The third-order valence-electron chi connectivity index (χ3n) is 3.85. The van der Waals surface area contributed by atoms with Crippen LogP contribution in [0.15, 0.2) is 34.6 Å². The molecular formula is C20H28N6O2. The standard InChI is InChI=1S/C20H28N6O2/c1-9-13(10-14(22-7)17(27)24-20(5,6)12-21)23-18(28)15-11-16(19(2,3)4)25-26(15)8/h9-11H,7H2,1-6,8H3,(H,23,28)(H,24,27)/b13-9+,14-10-. The van der Waals surface area contributed by atoms with E-state index in [0.717, 1.165) is 5.69 Å². The maximum absolute atomic E-state index is 12.7. The Morgan fingerprint density at radius 3 is 2.36 bits per heavy atom. The molecule has 0 atom stereocenters. The van der Waals surface area contributed by atoms with Crippen molar-refractivity contribution in [3.05, 3.63) is 41.0 Å². The van der Waals surface area contributed by atoms with E-state index in [-0.39, 0.29) is 17.0 Å². The quantitative estimate of drug-likeness (QED) is 0.445. The van der Waals surface area contributed by atoms with E-state index in [2.05, 4.69) is 27.4 Å². The van der Waals surface area contributed by atoms with E-state index in [4.69, 9.17) is 5.26 Å². The van der Waals surface area contributed by atoms with Crippen LogP contribution in [0.25, 0.3) is 0 Å². The molecule has 0 aromatic carbocycles. The lowest BCUT2D eigenvalue weighted by Crippen LogP contribution is -2.42. The molecule has 0 fully saturated rings. The zero-order valence-electron chi connectivity index (χ0n) is 17.5. The van der Waals surface area contributed by atoms with Gasteiger partial charge in [0.2, 0.25) is 0 Å². The van der Waals surface area contributed by atoms with Crippen LogP contribution in [0.3, 0.4) is 0 Å². The minimum Gasteiger partial charge on any atom is -0.333 e. The smallest absolute Gasteiger partial charge is 0.273 e. The monoisotopic (exact) mass is 384 g/mol. The van der Waals surface area contributed by atoms with Gasteiger partial charge < -0.3 is 10.6 Å². The third-order valence-corrected chi connectivity index (χ3v) is 3.85. The van der Waals surface area contributed by atoms with Crippen LogP contribution in [-0.2, 0) is 17.3 Å². The van der Waals surface area contributed by atoms with Crippen molar-refractivity contribution in [2.24, 2.45) is 12.0 Å². The molecule has 150 valence electrons. The number of aliphatic imine (C=N–C) groups is 1. The van der Waals surface area contributed by atoms with Crippen molar-refractivity contribution >= 4 is 18.5 Å². The molecule has 1 aromatic rings. The number of rotatable bonds is 6. The Kier molecular flexibility index (Phi) is 7.05. The zero-order valence-corrected chi connectivity index (χ0v) is 17.5. The normalized spacial score (nSPS) is 12.9. The molecule has 0 spiro atoms. The summed E-state index contributed by atoms with van der Waals surface area (Å²) < 4.78 is 1.52. The molecule has 1 rings (SSSR count). The van der Waals surface area contributed by atoms with E-state index >= 15 is 0 Å². The number of allylic oxidation sites excluding steroid dienone is 2. The number of hydrogen-bond donors (Lipinski definition) is 2. The molecule has 0 aliphatic rings. The van der Waals surface area contributed by atoms with Gasteiger partial charge in [0.05, 0.1) is 11.8 Å². The summed E-state index contributed by atoms with van der Waals surface area (Å²) in [5, 5.41) is 18.7. The van der Waals surface area contributed by atoms with Gasteiger partial charge in [-0.3, -0.25) is 19.3 Å². The number of nitrogens with zero attached hydrogens (tertiary/aromatic N) is 4. The number of amides is 2. The number of nitrogens with one attached hydrogen (secondary N) is 2. The van der Waals surface area contributed by atoms with Gasteiger partial charge in [-0.25, -0.2) is 0 Å². The van der Waals surface area contributed by atoms with Gasteiger partial charge in [-0.15, -0.1) is 0 Å². The van der Waals surface area contributed by atoms with E-state index in [0.29, 0.717) is 11.4 Å². The van der Waals surface area contributed by atoms with Gasteiger partial charge in [0.25, 0.3) is 11.8 Å². The maximum atomic E-state index is 12.7. The fraction of sp³-hybridized carbons (Fsp3) is 0.450. The van der Waals surface area contributed by atoms with Gasteiger partial charge in [-0.2, -0.15) is 10.4 Å². The molecule has 8 nitrogen and oxygen atoms in total. The minimum atomic E-state index is -1.06. The van der Waals surface area contributed by atoms with Crippen molar-refractivity contribution in [2.75, 3.05) is 0 Å². The summed E-state index contributed by atoms with van der Waals surface area (Å²) in [5.41, 5.74) is 0.293. The number of hydrogen-bond acceptors (Lipinski definition) is 5. The van der Waals surface area contributed by atoms with Crippen molar-refractivity contribution in [1.82, 2.24) is 20.4 Å². The lowest BCUT2D eigenvalue weighted by Gasteiger charge is -2.17. The minimum absolute atomic E-state index is 0.0166. The predicted octanol–water partition coefficient (Wildman–Crippen LogP) is 2.35. The summed E-state index contributed by atoms with van der Waals surface area (Å²) in [6.45, 7) is 14.3. The first-order valence-electron chi connectivity index (χ1n) is 8.79. The first-order chi connectivity index (χ1) is 12.8. The first kappa shape index (κ1) is 22.8. The Hall–Kier alpha value is -3.21. The van der Waals surface area contributed by atoms with E-state index < -0.39 is 11.4 Å². The Morgan fingerprint density at radius 2 is 1.93 bits per heavy atom. The van der Waals surface area contributed by atoms with Crippen LogP contribution in [0.5, 0.6) is 0 Å². The Labute approximate surface area is 166 Å². The summed E-state index contributed by atoms with van der Waals surface area (Å²) >= 11 is 0. The van der Waals surface area contributed by atoms with E-state index in [1.807, 2.05) is 26.8 Å². The molecule has 0 unspecified atom stereocenters. The van der Waals surface area contributed by atoms with Crippen LogP contribution in [0.2, 0.25) is 0 Å². The second-order valence-corrected chi connectivity index (χ2v) is 7.87. The van der Waals surface area contributed by atoms with Gasteiger partial charge >= 0.3 is 0 Å². The lowest BCUT2D eigenvalue weighted by atomic mass is 9.92. The van der Waals surface area contributed by atoms with E-state index in [9.17, 15) is 9.59 Å². The fourth-order valence-corrected chi connectivity index (χ4v) is 2.14. The number of carbonyl (C=O) groups is 2. The highest BCUT2D eigenvalue weighted by Gasteiger charge is 2.23. The van der Waals surface area contributed by atoms with Crippen molar-refractivity contribution in [1.29, 1.82) is 5.26 Å². The van der Waals surface area contributed by atoms with Crippen LogP contribution >= 0.6 is 0 Å². The van der Waals surface area contributed by atoms with Crippen molar-refractivity contribution in [2.45, 2.75) is 52.5 Å². The average Bonchev–Trinajstić information content (AvgIpc) is 3.00. The lowest BCUT2D eigenvalue weighted by molar-refractivity contribution is -0.118. The number of carbonyl (C=O) groups excluding carboxylic acids is 2. The second kappa shape index (κ2) is 8.65. The van der Waals surface area contributed by atoms with Crippen LogP contribution in [0.4, 0.5) is 0 Å². The van der Waals surface area contributed by atoms with Gasteiger partial charge in [0.1, 0.15) is 16.9 Å². The third kappa shape index (κ3) is 5.91. The molecule has 1 aromatic heterocycles. The summed E-state index contributed by atoms with van der Waals surface area (Å²) in [6, 6.07) is 3.71. The molecule has 0 saturated heterocycles. The molecule has 28 heavy (non-hydrogen) atoms.